The van der Waals surface area contributed by atoms with Crippen LogP contribution in [0.4, 0.5) is 0 Å². The van der Waals surface area contributed by atoms with Gasteiger partial charge in [-0.05, 0) is 30.4 Å². The lowest BCUT2D eigenvalue weighted by Gasteiger charge is -2.12. The van der Waals surface area contributed by atoms with E-state index in [0.29, 0.717) is 24.5 Å². The minimum absolute atomic E-state index is 0.257. The lowest BCUT2D eigenvalue weighted by atomic mass is 10.2. The van der Waals surface area contributed by atoms with E-state index in [-0.39, 0.29) is 11.0 Å². The molecule has 0 aliphatic carbocycles. The zero-order valence-corrected chi connectivity index (χ0v) is 13.1. The van der Waals surface area contributed by atoms with Gasteiger partial charge in [-0.3, -0.25) is 10.1 Å². The number of ether oxygens (including phenoxy) is 2. The van der Waals surface area contributed by atoms with Crippen LogP contribution in [0, 0.1) is 0 Å². The summed E-state index contributed by atoms with van der Waals surface area (Å²) in [5.74, 6) is 0.157. The molecule has 0 bridgehead atoms. The quantitative estimate of drug-likeness (QED) is 0.627. The molecule has 1 amide bonds. The Labute approximate surface area is 125 Å². The summed E-state index contributed by atoms with van der Waals surface area (Å²) >= 11 is 8.22. The number of amides is 1. The fourth-order valence-corrected chi connectivity index (χ4v) is 1.73. The van der Waals surface area contributed by atoms with Gasteiger partial charge in [-0.2, -0.15) is 0 Å². The van der Waals surface area contributed by atoms with E-state index in [1.807, 2.05) is 0 Å². The second kappa shape index (κ2) is 8.08. The number of carbonyl (C=O) groups excluding carboxylic acids is 1. The Kier molecular flexibility index (Phi) is 6.75. The van der Waals surface area contributed by atoms with E-state index in [2.05, 4.69) is 26.6 Å². The third kappa shape index (κ3) is 5.14. The fourth-order valence-electron chi connectivity index (χ4n) is 1.27. The van der Waals surface area contributed by atoms with Crippen molar-refractivity contribution < 1.29 is 14.3 Å². The summed E-state index contributed by atoms with van der Waals surface area (Å²) in [5.41, 5.74) is 0.406. The third-order valence-electron chi connectivity index (χ3n) is 2.19. The highest BCUT2D eigenvalue weighted by Gasteiger charge is 2.14. The van der Waals surface area contributed by atoms with Crippen molar-refractivity contribution in [3.05, 3.63) is 28.2 Å². The maximum Gasteiger partial charge on any atom is 0.261 e. The Morgan fingerprint density at radius 3 is 2.79 bits per heavy atom. The number of nitrogens with one attached hydrogen (secondary N) is 2. The molecule has 0 fully saturated rings. The van der Waals surface area contributed by atoms with Gasteiger partial charge in [0.2, 0.25) is 0 Å². The van der Waals surface area contributed by atoms with Crippen LogP contribution in [0.5, 0.6) is 5.75 Å². The van der Waals surface area contributed by atoms with Gasteiger partial charge >= 0.3 is 0 Å². The van der Waals surface area contributed by atoms with Gasteiger partial charge in [0.1, 0.15) is 12.4 Å². The molecule has 5 nitrogen and oxygen atoms in total. The molecule has 0 unspecified atom stereocenters. The molecule has 0 aliphatic heterocycles. The first-order valence-electron chi connectivity index (χ1n) is 5.52. The zero-order valence-electron chi connectivity index (χ0n) is 10.7. The van der Waals surface area contributed by atoms with Gasteiger partial charge in [0, 0.05) is 18.6 Å². The first kappa shape index (κ1) is 15.9. The highest BCUT2D eigenvalue weighted by Crippen LogP contribution is 2.23. The molecule has 0 aromatic heterocycles. The van der Waals surface area contributed by atoms with Crippen LogP contribution in [-0.4, -0.2) is 38.4 Å². The second-order valence-corrected chi connectivity index (χ2v) is 4.84. The maximum absolute atomic E-state index is 12.0. The van der Waals surface area contributed by atoms with Crippen molar-refractivity contribution >= 4 is 39.2 Å². The van der Waals surface area contributed by atoms with Gasteiger partial charge in [-0.1, -0.05) is 15.9 Å². The van der Waals surface area contributed by atoms with Crippen LogP contribution in [0.2, 0.25) is 0 Å². The maximum atomic E-state index is 12.0. The number of hydrogen-bond donors (Lipinski definition) is 2. The van der Waals surface area contributed by atoms with Crippen LogP contribution in [-0.2, 0) is 4.74 Å². The van der Waals surface area contributed by atoms with Crippen molar-refractivity contribution in [1.82, 2.24) is 10.6 Å². The number of thiocarbonyl (C=S) groups is 1. The minimum Gasteiger partial charge on any atom is -0.490 e. The average molecular weight is 347 g/mol. The second-order valence-electron chi connectivity index (χ2n) is 3.51. The van der Waals surface area contributed by atoms with E-state index in [0.717, 1.165) is 4.47 Å². The molecule has 0 heterocycles. The fraction of sp³-hybridized carbons (Fsp3) is 0.333. The molecule has 2 N–H and O–H groups in total. The largest absolute Gasteiger partial charge is 0.490 e. The Bertz CT molecular complexity index is 468. The summed E-state index contributed by atoms with van der Waals surface area (Å²) in [6.45, 7) is 0.820. The molecule has 1 rings (SSSR count). The highest BCUT2D eigenvalue weighted by atomic mass is 79.9. The zero-order chi connectivity index (χ0) is 14.3. The van der Waals surface area contributed by atoms with Crippen LogP contribution < -0.4 is 15.4 Å². The van der Waals surface area contributed by atoms with Crippen LogP contribution in [0.25, 0.3) is 0 Å². The third-order valence-corrected chi connectivity index (χ3v) is 2.98. The summed E-state index contributed by atoms with van der Waals surface area (Å²) in [6.07, 6.45) is 0. The standard InChI is InChI=1S/C12H15BrN2O3S/c1-14-12(19)15-11(16)9-7-8(13)3-4-10(9)18-6-5-17-2/h3-4,7H,5-6H2,1-2H3,(H2,14,15,16,19). The molecular formula is C12H15BrN2O3S. The molecule has 0 aliphatic rings. The molecule has 0 saturated heterocycles. The minimum atomic E-state index is -0.326. The van der Waals surface area contributed by atoms with E-state index in [4.69, 9.17) is 21.7 Å². The molecule has 1 aromatic rings. The Morgan fingerprint density at radius 1 is 1.42 bits per heavy atom. The van der Waals surface area contributed by atoms with Gasteiger partial charge in [0.05, 0.1) is 12.2 Å². The van der Waals surface area contributed by atoms with Crippen molar-refractivity contribution in [2.24, 2.45) is 0 Å². The van der Waals surface area contributed by atoms with Crippen LogP contribution in [0.1, 0.15) is 10.4 Å². The average Bonchev–Trinajstić information content (AvgIpc) is 2.40. The molecular weight excluding hydrogens is 332 g/mol. The molecule has 7 heteroatoms. The lowest BCUT2D eigenvalue weighted by molar-refractivity contribution is 0.0969. The number of rotatable bonds is 5. The number of hydrogen-bond acceptors (Lipinski definition) is 4. The Balaban J connectivity index is 2.86. The number of halogens is 1. The van der Waals surface area contributed by atoms with Crippen LogP contribution in [0.15, 0.2) is 22.7 Å². The molecule has 0 radical (unpaired) electrons. The summed E-state index contributed by atoms with van der Waals surface area (Å²) in [5, 5.41) is 5.49. The smallest absolute Gasteiger partial charge is 0.261 e. The summed E-state index contributed by atoms with van der Waals surface area (Å²) < 4.78 is 11.2. The Hall–Kier alpha value is -1.18. The van der Waals surface area contributed by atoms with E-state index < -0.39 is 0 Å². The predicted octanol–water partition coefficient (Wildman–Crippen LogP) is 1.71. The van der Waals surface area contributed by atoms with E-state index in [1.165, 1.54) is 0 Å². The summed E-state index contributed by atoms with van der Waals surface area (Å²) in [6, 6.07) is 5.20. The SMILES string of the molecule is CNC(=S)NC(=O)c1cc(Br)ccc1OCCOC. The van der Waals surface area contributed by atoms with Crippen molar-refractivity contribution in [2.75, 3.05) is 27.4 Å². The van der Waals surface area contributed by atoms with E-state index >= 15 is 0 Å². The number of methoxy groups -OCH3 is 1. The van der Waals surface area contributed by atoms with Crippen LogP contribution >= 0.6 is 28.1 Å². The van der Waals surface area contributed by atoms with Gasteiger partial charge in [0.15, 0.2) is 5.11 Å². The predicted molar refractivity (Wildman–Crippen MR) is 80.6 cm³/mol. The molecule has 104 valence electrons. The van der Waals surface area contributed by atoms with E-state index in [9.17, 15) is 4.79 Å². The molecule has 19 heavy (non-hydrogen) atoms. The molecule has 0 saturated carbocycles. The summed E-state index contributed by atoms with van der Waals surface area (Å²) in [7, 11) is 3.23. The molecule has 0 spiro atoms. The van der Waals surface area contributed by atoms with Gasteiger partial charge in [0.25, 0.3) is 5.91 Å². The number of benzene rings is 1. The van der Waals surface area contributed by atoms with Gasteiger partial charge in [-0.15, -0.1) is 0 Å². The molecule has 1 aromatic carbocycles. The van der Waals surface area contributed by atoms with E-state index in [1.54, 1.807) is 32.4 Å². The van der Waals surface area contributed by atoms with Gasteiger partial charge < -0.3 is 14.8 Å². The van der Waals surface area contributed by atoms with Crippen LogP contribution in [0.3, 0.4) is 0 Å². The van der Waals surface area contributed by atoms with Crippen molar-refractivity contribution in [1.29, 1.82) is 0 Å². The normalized spacial score (nSPS) is 9.84. The highest BCUT2D eigenvalue weighted by molar-refractivity contribution is 9.10. The monoisotopic (exact) mass is 346 g/mol. The lowest BCUT2D eigenvalue weighted by Crippen LogP contribution is -2.37. The molecule has 0 atom stereocenters. The number of carbonyl (C=O) groups is 1. The van der Waals surface area contributed by atoms with Crippen molar-refractivity contribution in [3.63, 3.8) is 0 Å². The summed E-state index contributed by atoms with van der Waals surface area (Å²) in [4.78, 5) is 12.0. The topological polar surface area (TPSA) is 59.6 Å². The first-order valence-corrected chi connectivity index (χ1v) is 6.73. The van der Waals surface area contributed by atoms with Crippen molar-refractivity contribution in [2.45, 2.75) is 0 Å². The van der Waals surface area contributed by atoms with Gasteiger partial charge in [-0.25, -0.2) is 0 Å². The first-order chi connectivity index (χ1) is 9.08. The Morgan fingerprint density at radius 2 is 2.16 bits per heavy atom. The van der Waals surface area contributed by atoms with Crippen molar-refractivity contribution in [3.8, 4) is 5.75 Å².